The van der Waals surface area contributed by atoms with Crippen molar-refractivity contribution in [3.05, 3.63) is 75.3 Å². The van der Waals surface area contributed by atoms with Crippen LogP contribution in [0.5, 0.6) is 0 Å². The van der Waals surface area contributed by atoms with Gasteiger partial charge in [-0.3, -0.25) is 25.2 Å². The molecule has 0 saturated heterocycles. The van der Waals surface area contributed by atoms with Crippen molar-refractivity contribution in [2.45, 2.75) is 20.0 Å². The van der Waals surface area contributed by atoms with Crippen LogP contribution in [0.15, 0.2) is 58.9 Å². The molecule has 0 aliphatic carbocycles. The number of carbonyl (C=O) groups is 3. The number of rotatable bonds is 8. The van der Waals surface area contributed by atoms with Gasteiger partial charge in [-0.25, -0.2) is 9.67 Å². The van der Waals surface area contributed by atoms with E-state index in [9.17, 15) is 27.6 Å². The number of alkyl halides is 3. The SMILES string of the molecule is C=C(C)/C(NC(=O)c1cc(C(F)(F)F)nn1-c1ncccc1Cl)=C(\C=C(/C)Cl)C(=O)NNC=O. The highest BCUT2D eigenvalue weighted by molar-refractivity contribution is 6.32. The van der Waals surface area contributed by atoms with Gasteiger partial charge in [-0.2, -0.15) is 18.3 Å². The van der Waals surface area contributed by atoms with E-state index < -0.39 is 29.4 Å². The molecule has 0 radical (unpaired) electrons. The Labute approximate surface area is 201 Å². The van der Waals surface area contributed by atoms with Crippen LogP contribution in [0, 0.1) is 0 Å². The van der Waals surface area contributed by atoms with Crippen molar-refractivity contribution < 1.29 is 27.6 Å². The van der Waals surface area contributed by atoms with Gasteiger partial charge >= 0.3 is 6.18 Å². The summed E-state index contributed by atoms with van der Waals surface area (Å²) in [4.78, 5) is 40.0. The van der Waals surface area contributed by atoms with Gasteiger partial charge in [0.2, 0.25) is 6.41 Å². The molecule has 9 nitrogen and oxygen atoms in total. The first-order valence-corrected chi connectivity index (χ1v) is 9.95. The molecule has 0 atom stereocenters. The minimum atomic E-state index is -4.88. The van der Waals surface area contributed by atoms with Gasteiger partial charge in [0.15, 0.2) is 11.5 Å². The second-order valence-electron chi connectivity index (χ2n) is 6.60. The maximum Gasteiger partial charge on any atom is 0.435 e. The van der Waals surface area contributed by atoms with Crippen LogP contribution in [0.1, 0.15) is 30.0 Å². The fourth-order valence-electron chi connectivity index (χ4n) is 2.57. The molecule has 0 fully saturated rings. The topological polar surface area (TPSA) is 118 Å². The van der Waals surface area contributed by atoms with Crippen LogP contribution < -0.4 is 16.2 Å². The lowest BCUT2D eigenvalue weighted by molar-refractivity contribution is -0.141. The smallest absolute Gasteiger partial charge is 0.320 e. The molecular weight excluding hydrogens is 500 g/mol. The van der Waals surface area contributed by atoms with E-state index in [1.165, 1.54) is 38.3 Å². The van der Waals surface area contributed by atoms with E-state index in [1.807, 2.05) is 5.43 Å². The molecule has 2 heterocycles. The number of nitrogens with zero attached hydrogens (tertiary/aromatic N) is 3. The van der Waals surface area contributed by atoms with Gasteiger partial charge in [0, 0.05) is 17.3 Å². The van der Waals surface area contributed by atoms with Crippen LogP contribution >= 0.6 is 23.2 Å². The number of allylic oxidation sites excluding steroid dienone is 2. The summed E-state index contributed by atoms with van der Waals surface area (Å²) in [5.41, 5.74) is 1.78. The molecule has 14 heteroatoms. The summed E-state index contributed by atoms with van der Waals surface area (Å²) in [5, 5.41) is 5.85. The maximum atomic E-state index is 13.4. The Bertz CT molecular complexity index is 1200. The average molecular weight is 517 g/mol. The number of pyridine rings is 1. The van der Waals surface area contributed by atoms with E-state index in [1.54, 1.807) is 0 Å². The van der Waals surface area contributed by atoms with Crippen LogP contribution in [-0.4, -0.2) is 33.0 Å². The number of aromatic nitrogens is 3. The average Bonchev–Trinajstić information content (AvgIpc) is 3.20. The third-order valence-electron chi connectivity index (χ3n) is 3.94. The predicted octanol–water partition coefficient (Wildman–Crippen LogP) is 3.42. The second-order valence-corrected chi connectivity index (χ2v) is 7.61. The number of amides is 3. The fraction of sp³-hybridized carbons (Fsp3) is 0.150. The maximum absolute atomic E-state index is 13.4. The van der Waals surface area contributed by atoms with Crippen LogP contribution in [-0.2, 0) is 15.8 Å². The number of hydrogen-bond acceptors (Lipinski definition) is 5. The lowest BCUT2D eigenvalue weighted by Crippen LogP contribution is -2.38. The zero-order valence-corrected chi connectivity index (χ0v) is 19.1. The monoisotopic (exact) mass is 516 g/mol. The Morgan fingerprint density at radius 1 is 1.26 bits per heavy atom. The van der Waals surface area contributed by atoms with Gasteiger partial charge in [-0.05, 0) is 37.6 Å². The lowest BCUT2D eigenvalue weighted by atomic mass is 10.1. The molecule has 0 aliphatic heterocycles. The van der Waals surface area contributed by atoms with E-state index in [-0.39, 0.29) is 39.1 Å². The van der Waals surface area contributed by atoms with Gasteiger partial charge in [0.05, 0.1) is 16.3 Å². The Morgan fingerprint density at radius 3 is 2.47 bits per heavy atom. The van der Waals surface area contributed by atoms with Gasteiger partial charge in [0.25, 0.3) is 11.8 Å². The molecule has 2 aromatic heterocycles. The van der Waals surface area contributed by atoms with Crippen molar-refractivity contribution in [3.63, 3.8) is 0 Å². The largest absolute Gasteiger partial charge is 0.435 e. The Kier molecular flexibility index (Phi) is 8.60. The molecule has 0 bridgehead atoms. The Morgan fingerprint density at radius 2 is 1.94 bits per heavy atom. The number of carbonyl (C=O) groups excluding carboxylic acids is 3. The molecule has 2 aromatic rings. The first-order valence-electron chi connectivity index (χ1n) is 9.19. The fourth-order valence-corrected chi connectivity index (χ4v) is 2.88. The summed E-state index contributed by atoms with van der Waals surface area (Å²) in [7, 11) is 0. The second kappa shape index (κ2) is 11.0. The molecule has 0 saturated carbocycles. The summed E-state index contributed by atoms with van der Waals surface area (Å²) >= 11 is 11.9. The summed E-state index contributed by atoms with van der Waals surface area (Å²) in [6.07, 6.45) is -2.26. The van der Waals surface area contributed by atoms with E-state index in [0.29, 0.717) is 10.7 Å². The minimum Gasteiger partial charge on any atom is -0.320 e. The van der Waals surface area contributed by atoms with Crippen molar-refractivity contribution in [1.29, 1.82) is 0 Å². The number of nitrogens with one attached hydrogen (secondary N) is 3. The van der Waals surface area contributed by atoms with Crippen molar-refractivity contribution >= 4 is 41.4 Å². The third-order valence-corrected chi connectivity index (χ3v) is 4.34. The standard InChI is InChI=1S/C20H17Cl2F3N6O3/c1-10(2)16(12(7-11(3)21)18(33)29-27-9-32)28-19(34)14-8-15(20(23,24)25)30-31(14)17-13(22)5-4-6-26-17/h4-9H,1H2,2-3H3,(H,27,32)(H,28,34)(H,29,33)/b11-7+,16-12-. The quantitative estimate of drug-likeness (QED) is 0.215. The van der Waals surface area contributed by atoms with E-state index in [2.05, 4.69) is 27.4 Å². The molecule has 0 unspecified atom stereocenters. The minimum absolute atomic E-state index is 0.0651. The number of halogens is 5. The Balaban J connectivity index is 2.65. The molecule has 34 heavy (non-hydrogen) atoms. The van der Waals surface area contributed by atoms with Gasteiger partial charge in [-0.15, -0.1) is 0 Å². The molecule has 0 aliphatic rings. The van der Waals surface area contributed by atoms with Crippen molar-refractivity contribution in [3.8, 4) is 5.82 Å². The van der Waals surface area contributed by atoms with Crippen LogP contribution in [0.4, 0.5) is 13.2 Å². The third kappa shape index (κ3) is 6.45. The first kappa shape index (κ1) is 26.6. The van der Waals surface area contributed by atoms with Crippen LogP contribution in [0.25, 0.3) is 5.82 Å². The van der Waals surface area contributed by atoms with Crippen LogP contribution in [0.2, 0.25) is 5.02 Å². The van der Waals surface area contributed by atoms with Crippen molar-refractivity contribution in [2.24, 2.45) is 0 Å². The molecule has 0 aromatic carbocycles. The normalized spacial score (nSPS) is 12.5. The van der Waals surface area contributed by atoms with Crippen LogP contribution in [0.3, 0.4) is 0 Å². The van der Waals surface area contributed by atoms with E-state index in [4.69, 9.17) is 23.2 Å². The number of hydrogen-bond donors (Lipinski definition) is 3. The predicted molar refractivity (Wildman–Crippen MR) is 118 cm³/mol. The summed E-state index contributed by atoms with van der Waals surface area (Å²) in [6.45, 7) is 6.55. The summed E-state index contributed by atoms with van der Waals surface area (Å²) < 4.78 is 40.7. The molecular formula is C20H17Cl2F3N6O3. The first-order chi connectivity index (χ1) is 15.9. The van der Waals surface area contributed by atoms with Crippen molar-refractivity contribution in [2.75, 3.05) is 0 Å². The van der Waals surface area contributed by atoms with Crippen molar-refractivity contribution in [1.82, 2.24) is 30.9 Å². The van der Waals surface area contributed by atoms with E-state index in [0.717, 1.165) is 0 Å². The highest BCUT2D eigenvalue weighted by Crippen LogP contribution is 2.30. The van der Waals surface area contributed by atoms with Gasteiger partial charge < -0.3 is 5.32 Å². The summed E-state index contributed by atoms with van der Waals surface area (Å²) in [6, 6.07) is 3.31. The highest BCUT2D eigenvalue weighted by Gasteiger charge is 2.36. The molecule has 0 spiro atoms. The molecule has 180 valence electrons. The lowest BCUT2D eigenvalue weighted by Gasteiger charge is -2.15. The van der Waals surface area contributed by atoms with Gasteiger partial charge in [0.1, 0.15) is 5.69 Å². The summed E-state index contributed by atoms with van der Waals surface area (Å²) in [5.74, 6) is -2.20. The molecule has 2 rings (SSSR count). The molecule has 3 N–H and O–H groups in total. The zero-order valence-electron chi connectivity index (χ0n) is 17.6. The Hall–Kier alpha value is -3.64. The van der Waals surface area contributed by atoms with E-state index >= 15 is 0 Å². The zero-order chi connectivity index (χ0) is 25.6. The highest BCUT2D eigenvalue weighted by atomic mass is 35.5. The molecule has 3 amide bonds. The number of hydrazine groups is 1. The van der Waals surface area contributed by atoms with Gasteiger partial charge in [-0.1, -0.05) is 29.8 Å².